The van der Waals surface area contributed by atoms with Gasteiger partial charge in [-0.05, 0) is 78.4 Å². The number of aromatic nitrogens is 1. The lowest BCUT2D eigenvalue weighted by Gasteiger charge is -2.23. The van der Waals surface area contributed by atoms with Gasteiger partial charge in [0.1, 0.15) is 0 Å². The summed E-state index contributed by atoms with van der Waals surface area (Å²) in [4.78, 5) is 4.76. The Bertz CT molecular complexity index is 923. The summed E-state index contributed by atoms with van der Waals surface area (Å²) in [6, 6.07) is 11.2. The van der Waals surface area contributed by atoms with Crippen molar-refractivity contribution in [1.29, 1.82) is 0 Å². The van der Waals surface area contributed by atoms with Gasteiger partial charge in [-0.1, -0.05) is 23.8 Å². The number of nitrogens with zero attached hydrogens (tertiary/aromatic N) is 2. The number of sulfonamides is 1. The fourth-order valence-electron chi connectivity index (χ4n) is 4.11. The van der Waals surface area contributed by atoms with E-state index in [1.54, 1.807) is 22.6 Å². The van der Waals surface area contributed by atoms with Crippen LogP contribution in [0.25, 0.3) is 6.08 Å². The molecular formula is C20H21BrN2O2S. The van der Waals surface area contributed by atoms with Crippen molar-refractivity contribution in [2.24, 2.45) is 5.92 Å². The first-order valence-electron chi connectivity index (χ1n) is 8.85. The number of hydrogen-bond acceptors (Lipinski definition) is 3. The number of aryl methyl sites for hydroxylation is 1. The Morgan fingerprint density at radius 3 is 2.62 bits per heavy atom. The van der Waals surface area contributed by atoms with Gasteiger partial charge in [-0.3, -0.25) is 4.98 Å². The molecule has 26 heavy (non-hydrogen) atoms. The molecule has 0 spiro atoms. The van der Waals surface area contributed by atoms with Crippen LogP contribution in [0.5, 0.6) is 0 Å². The molecule has 3 unspecified atom stereocenters. The Morgan fingerprint density at radius 2 is 1.92 bits per heavy atom. The molecule has 136 valence electrons. The van der Waals surface area contributed by atoms with E-state index < -0.39 is 10.0 Å². The fourth-order valence-corrected chi connectivity index (χ4v) is 6.27. The first kappa shape index (κ1) is 17.9. The topological polar surface area (TPSA) is 50.3 Å². The summed E-state index contributed by atoms with van der Waals surface area (Å²) in [7, 11) is -3.44. The van der Waals surface area contributed by atoms with Gasteiger partial charge in [0.05, 0.1) is 10.6 Å². The summed E-state index contributed by atoms with van der Waals surface area (Å²) in [5.74, 6) is 0.249. The Morgan fingerprint density at radius 1 is 1.15 bits per heavy atom. The Labute approximate surface area is 163 Å². The maximum absolute atomic E-state index is 13.1. The molecule has 4 nitrogen and oxygen atoms in total. The highest BCUT2D eigenvalue weighted by Gasteiger charge is 2.51. The summed E-state index contributed by atoms with van der Waals surface area (Å²) in [6.07, 6.45) is 8.69. The monoisotopic (exact) mass is 432 g/mol. The van der Waals surface area contributed by atoms with Gasteiger partial charge in [0.15, 0.2) is 0 Å². The molecule has 1 aromatic carbocycles. The Hall–Kier alpha value is -1.50. The van der Waals surface area contributed by atoms with Gasteiger partial charge in [0.25, 0.3) is 0 Å². The normalized spacial score (nSPS) is 26.0. The molecule has 2 aromatic rings. The summed E-state index contributed by atoms with van der Waals surface area (Å²) >= 11 is 3.39. The summed E-state index contributed by atoms with van der Waals surface area (Å²) in [5, 5.41) is 0. The highest BCUT2D eigenvalue weighted by molar-refractivity contribution is 9.10. The third-order valence-electron chi connectivity index (χ3n) is 5.38. The maximum atomic E-state index is 13.1. The molecule has 0 saturated carbocycles. The average molecular weight is 433 g/mol. The quantitative estimate of drug-likeness (QED) is 0.718. The minimum atomic E-state index is -3.44. The smallest absolute Gasteiger partial charge is 0.243 e. The van der Waals surface area contributed by atoms with E-state index in [1.807, 2.05) is 37.3 Å². The van der Waals surface area contributed by atoms with E-state index in [2.05, 4.69) is 27.0 Å². The minimum absolute atomic E-state index is 0.0537. The number of fused-ring (bicyclic) bond motifs is 2. The zero-order valence-corrected chi connectivity index (χ0v) is 16.9. The predicted octanol–water partition coefficient (Wildman–Crippen LogP) is 4.41. The van der Waals surface area contributed by atoms with Gasteiger partial charge in [-0.2, -0.15) is 4.31 Å². The molecule has 3 heterocycles. The SMILES string of the molecule is Cc1ccc(S(=O)(=O)N2C3CCC2C(C=Cc2ccc(Br)cn2)C3)cc1. The Kier molecular flexibility index (Phi) is 4.75. The zero-order chi connectivity index (χ0) is 18.3. The van der Waals surface area contributed by atoms with Crippen LogP contribution < -0.4 is 0 Å². The van der Waals surface area contributed by atoms with E-state index >= 15 is 0 Å². The van der Waals surface area contributed by atoms with Gasteiger partial charge in [0, 0.05) is 22.8 Å². The fraction of sp³-hybridized carbons (Fsp3) is 0.350. The van der Waals surface area contributed by atoms with Crippen molar-refractivity contribution in [1.82, 2.24) is 9.29 Å². The van der Waals surface area contributed by atoms with E-state index in [0.717, 1.165) is 35.0 Å². The van der Waals surface area contributed by atoms with E-state index in [0.29, 0.717) is 4.90 Å². The molecule has 6 heteroatoms. The van der Waals surface area contributed by atoms with Crippen LogP contribution in [0.4, 0.5) is 0 Å². The van der Waals surface area contributed by atoms with E-state index in [1.165, 1.54) is 0 Å². The van der Waals surface area contributed by atoms with Crippen LogP contribution in [0, 0.1) is 12.8 Å². The van der Waals surface area contributed by atoms with Crippen LogP contribution in [-0.4, -0.2) is 29.8 Å². The lowest BCUT2D eigenvalue weighted by Crippen LogP contribution is -2.36. The maximum Gasteiger partial charge on any atom is 0.243 e. The lowest BCUT2D eigenvalue weighted by atomic mass is 9.89. The molecule has 1 aromatic heterocycles. The van der Waals surface area contributed by atoms with Crippen molar-refractivity contribution in [2.75, 3.05) is 0 Å². The molecule has 0 amide bonds. The summed E-state index contributed by atoms with van der Waals surface area (Å²) < 4.78 is 29.0. The second kappa shape index (κ2) is 6.91. The molecular weight excluding hydrogens is 412 g/mol. The number of rotatable bonds is 4. The lowest BCUT2D eigenvalue weighted by molar-refractivity contribution is 0.383. The first-order chi connectivity index (χ1) is 12.4. The van der Waals surface area contributed by atoms with Gasteiger partial charge in [-0.25, -0.2) is 8.42 Å². The van der Waals surface area contributed by atoms with Crippen LogP contribution in [0.2, 0.25) is 0 Å². The van der Waals surface area contributed by atoms with Crippen molar-refractivity contribution < 1.29 is 8.42 Å². The first-order valence-corrected chi connectivity index (χ1v) is 11.1. The van der Waals surface area contributed by atoms with Crippen molar-refractivity contribution in [2.45, 2.75) is 43.2 Å². The van der Waals surface area contributed by atoms with Crippen LogP contribution in [0.15, 0.2) is 58.0 Å². The van der Waals surface area contributed by atoms with Crippen LogP contribution in [-0.2, 0) is 10.0 Å². The second-order valence-electron chi connectivity index (χ2n) is 7.11. The van der Waals surface area contributed by atoms with Gasteiger partial charge >= 0.3 is 0 Å². The Balaban J connectivity index is 1.56. The number of pyridine rings is 1. The van der Waals surface area contributed by atoms with Crippen LogP contribution >= 0.6 is 15.9 Å². The van der Waals surface area contributed by atoms with Crippen molar-refractivity contribution in [3.8, 4) is 0 Å². The van der Waals surface area contributed by atoms with Crippen molar-refractivity contribution in [3.63, 3.8) is 0 Å². The highest BCUT2D eigenvalue weighted by atomic mass is 79.9. The minimum Gasteiger partial charge on any atom is -0.256 e. The summed E-state index contributed by atoms with van der Waals surface area (Å²) in [5.41, 5.74) is 1.96. The standard InChI is InChI=1S/C20H21BrN2O2S/c1-14-2-9-19(10-3-14)26(24,25)23-18-8-11-20(23)15(12-18)4-6-17-7-5-16(21)13-22-17/h2-7,9-10,13,15,18,20H,8,11-12H2,1H3. The molecule has 2 saturated heterocycles. The van der Waals surface area contributed by atoms with E-state index in [4.69, 9.17) is 0 Å². The van der Waals surface area contributed by atoms with Gasteiger partial charge in [-0.15, -0.1) is 0 Å². The largest absolute Gasteiger partial charge is 0.256 e. The third kappa shape index (κ3) is 3.26. The number of hydrogen-bond donors (Lipinski definition) is 0. The van der Waals surface area contributed by atoms with Crippen molar-refractivity contribution >= 4 is 32.0 Å². The van der Waals surface area contributed by atoms with Gasteiger partial charge < -0.3 is 0 Å². The molecule has 2 fully saturated rings. The molecule has 4 rings (SSSR count). The van der Waals surface area contributed by atoms with E-state index in [-0.39, 0.29) is 18.0 Å². The van der Waals surface area contributed by atoms with E-state index in [9.17, 15) is 8.42 Å². The molecule has 3 atom stereocenters. The average Bonchev–Trinajstić information content (AvgIpc) is 3.20. The highest BCUT2D eigenvalue weighted by Crippen LogP contribution is 2.45. The number of benzene rings is 1. The van der Waals surface area contributed by atoms with Crippen LogP contribution in [0.1, 0.15) is 30.5 Å². The molecule has 0 N–H and O–H groups in total. The molecule has 0 aliphatic carbocycles. The van der Waals surface area contributed by atoms with Gasteiger partial charge in [0.2, 0.25) is 10.0 Å². The predicted molar refractivity (Wildman–Crippen MR) is 106 cm³/mol. The molecule has 2 aliphatic rings. The number of halogens is 1. The summed E-state index contributed by atoms with van der Waals surface area (Å²) in [6.45, 7) is 1.97. The third-order valence-corrected chi connectivity index (χ3v) is 7.84. The van der Waals surface area contributed by atoms with Crippen molar-refractivity contribution in [3.05, 3.63) is 64.4 Å². The second-order valence-corrected chi connectivity index (χ2v) is 9.87. The molecule has 2 aliphatic heterocycles. The molecule has 2 bridgehead atoms. The van der Waals surface area contributed by atoms with Crippen LogP contribution in [0.3, 0.4) is 0 Å². The zero-order valence-electron chi connectivity index (χ0n) is 14.5. The molecule has 0 radical (unpaired) electrons.